The van der Waals surface area contributed by atoms with E-state index in [2.05, 4.69) is 20.9 Å². The van der Waals surface area contributed by atoms with Gasteiger partial charge in [0.2, 0.25) is 5.91 Å². The summed E-state index contributed by atoms with van der Waals surface area (Å²) < 4.78 is 36.1. The Labute approximate surface area is 117 Å². The van der Waals surface area contributed by atoms with Crippen molar-refractivity contribution in [2.75, 3.05) is 19.6 Å². The van der Waals surface area contributed by atoms with Crippen LogP contribution in [-0.2, 0) is 4.79 Å². The van der Waals surface area contributed by atoms with E-state index >= 15 is 0 Å². The zero-order valence-corrected chi connectivity index (χ0v) is 12.3. The molecule has 0 aliphatic rings. The highest BCUT2D eigenvalue weighted by Crippen LogP contribution is 2.17. The van der Waals surface area contributed by atoms with Crippen LogP contribution >= 0.6 is 0 Å². The maximum atomic E-state index is 12.0. The molecule has 0 aliphatic carbocycles. The lowest BCUT2D eigenvalue weighted by Crippen LogP contribution is -2.43. The number of hydrogen-bond donors (Lipinski definition) is 3. The van der Waals surface area contributed by atoms with Gasteiger partial charge >= 0.3 is 6.18 Å². The summed E-state index contributed by atoms with van der Waals surface area (Å²) in [6.07, 6.45) is -5.17. The first-order valence-electron chi connectivity index (χ1n) is 6.43. The Morgan fingerprint density at radius 3 is 2.20 bits per heavy atom. The van der Waals surface area contributed by atoms with Crippen LogP contribution in [0.1, 0.15) is 34.1 Å². The molecule has 0 aromatic heterocycles. The SMILES string of the molecule is CCNC(=NCC(=O)NC(C)(C)C)NCCC(F)(F)F. The molecule has 3 N–H and O–H groups in total. The first-order valence-corrected chi connectivity index (χ1v) is 6.43. The minimum Gasteiger partial charge on any atom is -0.357 e. The number of amides is 1. The predicted octanol–water partition coefficient (Wildman–Crippen LogP) is 1.41. The Hall–Kier alpha value is -1.47. The molecular weight excluding hydrogens is 273 g/mol. The van der Waals surface area contributed by atoms with Crippen molar-refractivity contribution in [1.82, 2.24) is 16.0 Å². The van der Waals surface area contributed by atoms with Gasteiger partial charge in [-0.2, -0.15) is 13.2 Å². The Morgan fingerprint density at radius 2 is 1.75 bits per heavy atom. The van der Waals surface area contributed by atoms with Gasteiger partial charge in [0.05, 0.1) is 6.42 Å². The maximum Gasteiger partial charge on any atom is 0.390 e. The van der Waals surface area contributed by atoms with E-state index in [0.717, 1.165) is 0 Å². The first kappa shape index (κ1) is 18.5. The minimum absolute atomic E-state index is 0.140. The average molecular weight is 296 g/mol. The Bertz CT molecular complexity index is 335. The number of rotatable bonds is 5. The number of aliphatic imine (C=N–C) groups is 1. The highest BCUT2D eigenvalue weighted by atomic mass is 19.4. The normalized spacial score (nSPS) is 13.1. The molecule has 20 heavy (non-hydrogen) atoms. The van der Waals surface area contributed by atoms with Gasteiger partial charge in [-0.1, -0.05) is 0 Å². The molecule has 0 heterocycles. The molecule has 0 rings (SSSR count). The fraction of sp³-hybridized carbons (Fsp3) is 0.833. The van der Waals surface area contributed by atoms with Crippen LogP contribution in [0.25, 0.3) is 0 Å². The number of nitrogens with one attached hydrogen (secondary N) is 3. The van der Waals surface area contributed by atoms with E-state index in [1.807, 2.05) is 20.8 Å². The van der Waals surface area contributed by atoms with E-state index < -0.39 is 12.6 Å². The zero-order valence-electron chi connectivity index (χ0n) is 12.3. The van der Waals surface area contributed by atoms with Crippen molar-refractivity contribution in [3.8, 4) is 0 Å². The van der Waals surface area contributed by atoms with Crippen LogP contribution in [0.3, 0.4) is 0 Å². The lowest BCUT2D eigenvalue weighted by atomic mass is 10.1. The lowest BCUT2D eigenvalue weighted by Gasteiger charge is -2.20. The van der Waals surface area contributed by atoms with E-state index in [9.17, 15) is 18.0 Å². The van der Waals surface area contributed by atoms with Crippen LogP contribution in [0.15, 0.2) is 4.99 Å². The Kier molecular flexibility index (Phi) is 7.38. The number of nitrogens with zero attached hydrogens (tertiary/aromatic N) is 1. The topological polar surface area (TPSA) is 65.5 Å². The fourth-order valence-electron chi connectivity index (χ4n) is 1.27. The van der Waals surface area contributed by atoms with Crippen LogP contribution in [-0.4, -0.2) is 43.2 Å². The van der Waals surface area contributed by atoms with E-state index in [1.165, 1.54) is 0 Å². The summed E-state index contributed by atoms with van der Waals surface area (Å²) in [7, 11) is 0. The molecule has 118 valence electrons. The first-order chi connectivity index (χ1) is 9.03. The summed E-state index contributed by atoms with van der Waals surface area (Å²) >= 11 is 0. The van der Waals surface area contributed by atoms with Gasteiger partial charge in [0.1, 0.15) is 6.54 Å². The van der Waals surface area contributed by atoms with Gasteiger partial charge in [0.25, 0.3) is 0 Å². The van der Waals surface area contributed by atoms with Crippen molar-refractivity contribution in [2.24, 2.45) is 4.99 Å². The van der Waals surface area contributed by atoms with Crippen LogP contribution in [0.5, 0.6) is 0 Å². The predicted molar refractivity (Wildman–Crippen MR) is 72.5 cm³/mol. The molecule has 0 radical (unpaired) electrons. The number of carbonyl (C=O) groups excluding carboxylic acids is 1. The molecule has 0 saturated carbocycles. The average Bonchev–Trinajstić information content (AvgIpc) is 2.21. The summed E-state index contributed by atoms with van der Waals surface area (Å²) in [5, 5.41) is 8.03. The second-order valence-corrected chi connectivity index (χ2v) is 5.29. The summed E-state index contributed by atoms with van der Waals surface area (Å²) in [5.41, 5.74) is -0.366. The van der Waals surface area contributed by atoms with Gasteiger partial charge < -0.3 is 16.0 Å². The number of guanidine groups is 1. The second kappa shape index (κ2) is 7.96. The molecule has 8 heteroatoms. The highest BCUT2D eigenvalue weighted by molar-refractivity contribution is 5.85. The minimum atomic E-state index is -4.21. The Balaban J connectivity index is 4.29. The molecule has 0 aromatic rings. The van der Waals surface area contributed by atoms with Crippen molar-refractivity contribution < 1.29 is 18.0 Å². The van der Waals surface area contributed by atoms with Gasteiger partial charge in [-0.3, -0.25) is 4.79 Å². The van der Waals surface area contributed by atoms with Crippen LogP contribution in [0.2, 0.25) is 0 Å². The highest BCUT2D eigenvalue weighted by Gasteiger charge is 2.26. The molecule has 5 nitrogen and oxygen atoms in total. The van der Waals surface area contributed by atoms with Gasteiger partial charge in [-0.25, -0.2) is 4.99 Å². The molecule has 0 saturated heterocycles. The van der Waals surface area contributed by atoms with Gasteiger partial charge in [0.15, 0.2) is 5.96 Å². The molecule has 0 aliphatic heterocycles. The molecule has 0 spiro atoms. The zero-order chi connectivity index (χ0) is 15.8. The van der Waals surface area contributed by atoms with E-state index in [1.54, 1.807) is 6.92 Å². The third-order valence-corrected chi connectivity index (χ3v) is 1.94. The van der Waals surface area contributed by atoms with Gasteiger partial charge in [-0.05, 0) is 27.7 Å². The van der Waals surface area contributed by atoms with Gasteiger partial charge in [0, 0.05) is 18.6 Å². The van der Waals surface area contributed by atoms with Crippen molar-refractivity contribution >= 4 is 11.9 Å². The Morgan fingerprint density at radius 1 is 1.15 bits per heavy atom. The molecule has 0 atom stereocenters. The number of alkyl halides is 3. The van der Waals surface area contributed by atoms with Crippen LogP contribution < -0.4 is 16.0 Å². The van der Waals surface area contributed by atoms with E-state index in [4.69, 9.17) is 0 Å². The summed E-state index contributed by atoms with van der Waals surface area (Å²) in [6.45, 7) is 7.37. The van der Waals surface area contributed by atoms with Crippen molar-refractivity contribution in [3.63, 3.8) is 0 Å². The van der Waals surface area contributed by atoms with Crippen molar-refractivity contribution in [1.29, 1.82) is 0 Å². The van der Waals surface area contributed by atoms with E-state index in [-0.39, 0.29) is 30.5 Å². The smallest absolute Gasteiger partial charge is 0.357 e. The van der Waals surface area contributed by atoms with Gasteiger partial charge in [-0.15, -0.1) is 0 Å². The largest absolute Gasteiger partial charge is 0.390 e. The standard InChI is InChI=1S/C12H23F3N4O/c1-5-16-10(17-7-6-12(13,14)15)18-8-9(20)19-11(2,3)4/h5-8H2,1-4H3,(H,19,20)(H2,16,17,18). The van der Waals surface area contributed by atoms with Crippen molar-refractivity contribution in [3.05, 3.63) is 0 Å². The maximum absolute atomic E-state index is 12.0. The molecule has 0 fully saturated rings. The van der Waals surface area contributed by atoms with Crippen molar-refractivity contribution in [2.45, 2.75) is 45.8 Å². The van der Waals surface area contributed by atoms with Crippen LogP contribution in [0, 0.1) is 0 Å². The quantitative estimate of drug-likeness (QED) is 0.531. The molecule has 0 bridgehead atoms. The molecule has 1 amide bonds. The van der Waals surface area contributed by atoms with Crippen LogP contribution in [0.4, 0.5) is 13.2 Å². The number of carbonyl (C=O) groups is 1. The summed E-state index contributed by atoms with van der Waals surface area (Å²) in [4.78, 5) is 15.5. The lowest BCUT2D eigenvalue weighted by molar-refractivity contribution is -0.132. The second-order valence-electron chi connectivity index (χ2n) is 5.29. The molecule has 0 aromatic carbocycles. The summed E-state index contributed by atoms with van der Waals surface area (Å²) in [6, 6.07) is 0. The van der Waals surface area contributed by atoms with E-state index in [0.29, 0.717) is 6.54 Å². The molecule has 0 unspecified atom stereocenters. The summed E-state index contributed by atoms with van der Waals surface area (Å²) in [5.74, 6) is -0.0914. The number of hydrogen-bond acceptors (Lipinski definition) is 2. The third-order valence-electron chi connectivity index (χ3n) is 1.94. The third kappa shape index (κ3) is 11.6. The fourth-order valence-corrected chi connectivity index (χ4v) is 1.27. The number of halogens is 3. The monoisotopic (exact) mass is 296 g/mol. The molecular formula is C12H23F3N4O.